The number of rotatable bonds is 7. The highest BCUT2D eigenvalue weighted by molar-refractivity contribution is 6.01. The van der Waals surface area contributed by atoms with Gasteiger partial charge >= 0.3 is 0 Å². The Morgan fingerprint density at radius 2 is 1.88 bits per heavy atom. The third-order valence-electron chi connectivity index (χ3n) is 3.98. The molecule has 0 spiro atoms. The minimum atomic E-state index is -0.414. The molecule has 26 heavy (non-hydrogen) atoms. The maximum atomic E-state index is 12.8. The summed E-state index contributed by atoms with van der Waals surface area (Å²) >= 11 is 0. The lowest BCUT2D eigenvalue weighted by Gasteiger charge is -2.22. The molecule has 2 aromatic rings. The van der Waals surface area contributed by atoms with Crippen molar-refractivity contribution in [3.05, 3.63) is 53.6 Å². The first-order valence-corrected chi connectivity index (χ1v) is 8.48. The lowest BCUT2D eigenvalue weighted by atomic mass is 10.1. The normalized spacial score (nSPS) is 10.3. The number of carbonyl (C=O) groups is 2. The number of nitrogens with one attached hydrogen (secondary N) is 1. The molecule has 0 saturated heterocycles. The zero-order chi connectivity index (χ0) is 19.1. The Kier molecular flexibility index (Phi) is 6.60. The van der Waals surface area contributed by atoms with Crippen LogP contribution in [-0.2, 0) is 4.79 Å². The van der Waals surface area contributed by atoms with Crippen molar-refractivity contribution in [1.82, 2.24) is 4.90 Å². The van der Waals surface area contributed by atoms with Crippen molar-refractivity contribution in [3.8, 4) is 11.5 Å². The molecule has 0 unspecified atom stereocenters. The Morgan fingerprint density at radius 1 is 1.15 bits per heavy atom. The Labute approximate surface area is 153 Å². The molecule has 0 saturated carbocycles. The number of nitrogens with zero attached hydrogens (tertiary/aromatic N) is 1. The first kappa shape index (κ1) is 19.3. The number of aryl methyl sites for hydroxylation is 1. The quantitative estimate of drug-likeness (QED) is 0.798. The Bertz CT molecular complexity index is 789. The highest BCUT2D eigenvalue weighted by Crippen LogP contribution is 2.30. The molecule has 0 aromatic heterocycles. The fourth-order valence-electron chi connectivity index (χ4n) is 2.63. The van der Waals surface area contributed by atoms with Gasteiger partial charge in [-0.05, 0) is 37.1 Å². The van der Waals surface area contributed by atoms with Crippen molar-refractivity contribution in [3.63, 3.8) is 0 Å². The summed E-state index contributed by atoms with van der Waals surface area (Å²) in [5, 5.41) is 13.0. The van der Waals surface area contributed by atoms with Gasteiger partial charge in [-0.1, -0.05) is 31.2 Å². The number of phenols is 1. The van der Waals surface area contributed by atoms with Gasteiger partial charge in [0.1, 0.15) is 6.54 Å². The lowest BCUT2D eigenvalue weighted by molar-refractivity contribution is -0.116. The van der Waals surface area contributed by atoms with Crippen LogP contribution >= 0.6 is 0 Å². The van der Waals surface area contributed by atoms with E-state index in [-0.39, 0.29) is 29.5 Å². The van der Waals surface area contributed by atoms with Gasteiger partial charge in [0.05, 0.1) is 12.7 Å². The summed E-state index contributed by atoms with van der Waals surface area (Å²) < 4.78 is 5.05. The van der Waals surface area contributed by atoms with Crippen LogP contribution in [0.1, 0.15) is 29.3 Å². The highest BCUT2D eigenvalue weighted by atomic mass is 16.5. The monoisotopic (exact) mass is 356 g/mol. The molecule has 138 valence electrons. The molecule has 0 heterocycles. The molecule has 0 atom stereocenters. The first-order valence-electron chi connectivity index (χ1n) is 8.48. The van der Waals surface area contributed by atoms with Crippen molar-refractivity contribution in [1.29, 1.82) is 0 Å². The van der Waals surface area contributed by atoms with E-state index in [4.69, 9.17) is 4.74 Å². The highest BCUT2D eigenvalue weighted by Gasteiger charge is 2.22. The largest absolute Gasteiger partial charge is 0.504 e. The number of carbonyl (C=O) groups excluding carboxylic acids is 2. The summed E-state index contributed by atoms with van der Waals surface area (Å²) in [6.45, 7) is 4.12. The van der Waals surface area contributed by atoms with Crippen molar-refractivity contribution >= 4 is 17.5 Å². The predicted octanol–water partition coefficient (Wildman–Crippen LogP) is 3.20. The van der Waals surface area contributed by atoms with E-state index in [1.165, 1.54) is 18.1 Å². The summed E-state index contributed by atoms with van der Waals surface area (Å²) in [5.74, 6) is -0.705. The second kappa shape index (κ2) is 8.89. The van der Waals surface area contributed by atoms with Crippen LogP contribution in [0.3, 0.4) is 0 Å². The number of methoxy groups -OCH3 is 1. The fourth-order valence-corrected chi connectivity index (χ4v) is 2.63. The molecule has 0 radical (unpaired) electrons. The number of anilines is 1. The SMILES string of the molecule is CCCN(CC(=O)Nc1ccccc1C)C(=O)c1cccc(OC)c1O. The van der Waals surface area contributed by atoms with E-state index >= 15 is 0 Å². The van der Waals surface area contributed by atoms with Gasteiger partial charge in [-0.2, -0.15) is 0 Å². The standard InChI is InChI=1S/C20H24N2O4/c1-4-12-22(13-18(23)21-16-10-6-5-8-14(16)2)20(25)15-9-7-11-17(26-3)19(15)24/h5-11,24H,4,12-13H2,1-3H3,(H,21,23). The zero-order valence-corrected chi connectivity index (χ0v) is 15.3. The molecule has 6 nitrogen and oxygen atoms in total. The zero-order valence-electron chi connectivity index (χ0n) is 15.3. The van der Waals surface area contributed by atoms with Crippen molar-refractivity contribution in [2.45, 2.75) is 20.3 Å². The molecule has 2 amide bonds. The molecule has 6 heteroatoms. The van der Waals surface area contributed by atoms with Gasteiger partial charge in [0, 0.05) is 12.2 Å². The minimum Gasteiger partial charge on any atom is -0.504 e. The molecule has 0 fully saturated rings. The summed E-state index contributed by atoms with van der Waals surface area (Å²) in [6, 6.07) is 12.2. The summed E-state index contributed by atoms with van der Waals surface area (Å²) in [6.07, 6.45) is 0.689. The van der Waals surface area contributed by atoms with Gasteiger partial charge < -0.3 is 20.1 Å². The second-order valence-corrected chi connectivity index (χ2v) is 5.95. The molecule has 0 aliphatic carbocycles. The van der Waals surface area contributed by atoms with Crippen LogP contribution in [0, 0.1) is 6.92 Å². The smallest absolute Gasteiger partial charge is 0.258 e. The van der Waals surface area contributed by atoms with Gasteiger partial charge in [-0.15, -0.1) is 0 Å². The van der Waals surface area contributed by atoms with E-state index in [0.717, 1.165) is 5.56 Å². The van der Waals surface area contributed by atoms with Gasteiger partial charge in [0.2, 0.25) is 5.91 Å². The van der Waals surface area contributed by atoms with Gasteiger partial charge in [-0.3, -0.25) is 9.59 Å². The minimum absolute atomic E-state index is 0.0995. The van der Waals surface area contributed by atoms with Crippen LogP contribution in [-0.4, -0.2) is 42.0 Å². The second-order valence-electron chi connectivity index (χ2n) is 5.95. The van der Waals surface area contributed by atoms with Crippen LogP contribution < -0.4 is 10.1 Å². The summed E-state index contributed by atoms with van der Waals surface area (Å²) in [5.41, 5.74) is 1.77. The summed E-state index contributed by atoms with van der Waals surface area (Å²) in [4.78, 5) is 26.6. The van der Waals surface area contributed by atoms with Crippen LogP contribution in [0.25, 0.3) is 0 Å². The van der Waals surface area contributed by atoms with E-state index in [1.807, 2.05) is 38.1 Å². The average Bonchev–Trinajstić information content (AvgIpc) is 2.63. The third-order valence-corrected chi connectivity index (χ3v) is 3.98. The van der Waals surface area contributed by atoms with Crippen LogP contribution in [0.15, 0.2) is 42.5 Å². The van der Waals surface area contributed by atoms with Crippen molar-refractivity contribution in [2.24, 2.45) is 0 Å². The number of hydrogen-bond donors (Lipinski definition) is 2. The van der Waals surface area contributed by atoms with E-state index in [0.29, 0.717) is 18.7 Å². The maximum absolute atomic E-state index is 12.8. The molecule has 0 aliphatic rings. The number of ether oxygens (including phenoxy) is 1. The van der Waals surface area contributed by atoms with Crippen LogP contribution in [0.5, 0.6) is 11.5 Å². The molecule has 2 aromatic carbocycles. The van der Waals surface area contributed by atoms with Crippen LogP contribution in [0.4, 0.5) is 5.69 Å². The topological polar surface area (TPSA) is 78.9 Å². The van der Waals surface area contributed by atoms with E-state index in [1.54, 1.807) is 12.1 Å². The van der Waals surface area contributed by atoms with Crippen molar-refractivity contribution < 1.29 is 19.4 Å². The third kappa shape index (κ3) is 4.53. The lowest BCUT2D eigenvalue weighted by Crippen LogP contribution is -2.38. The number of para-hydroxylation sites is 2. The predicted molar refractivity (Wildman–Crippen MR) is 101 cm³/mol. The molecule has 0 bridgehead atoms. The molecular weight excluding hydrogens is 332 g/mol. The summed E-state index contributed by atoms with van der Waals surface area (Å²) in [7, 11) is 1.42. The number of phenolic OH excluding ortho intramolecular Hbond substituents is 1. The molecule has 2 rings (SSSR count). The van der Waals surface area contributed by atoms with E-state index in [2.05, 4.69) is 5.32 Å². The molecule has 0 aliphatic heterocycles. The Morgan fingerprint density at radius 3 is 2.54 bits per heavy atom. The number of aromatic hydroxyl groups is 1. The Balaban J connectivity index is 2.16. The van der Waals surface area contributed by atoms with Gasteiger partial charge in [0.15, 0.2) is 11.5 Å². The Hall–Kier alpha value is -3.02. The van der Waals surface area contributed by atoms with Crippen molar-refractivity contribution in [2.75, 3.05) is 25.5 Å². The van der Waals surface area contributed by atoms with Gasteiger partial charge in [0.25, 0.3) is 5.91 Å². The maximum Gasteiger partial charge on any atom is 0.258 e. The number of amides is 2. The number of hydrogen-bond acceptors (Lipinski definition) is 4. The molecule has 2 N–H and O–H groups in total. The van der Waals surface area contributed by atoms with E-state index in [9.17, 15) is 14.7 Å². The number of benzene rings is 2. The van der Waals surface area contributed by atoms with Crippen LogP contribution in [0.2, 0.25) is 0 Å². The van der Waals surface area contributed by atoms with E-state index < -0.39 is 5.91 Å². The first-order chi connectivity index (χ1) is 12.5. The van der Waals surface area contributed by atoms with Gasteiger partial charge in [-0.25, -0.2) is 0 Å². The average molecular weight is 356 g/mol. The fraction of sp³-hybridized carbons (Fsp3) is 0.300. The molecular formula is C20H24N2O4.